The summed E-state index contributed by atoms with van der Waals surface area (Å²) in [6.45, 7) is 4.15. The van der Waals surface area contributed by atoms with Crippen LogP contribution in [0.15, 0.2) is 41.6 Å². The molecule has 1 aromatic carbocycles. The molecule has 3 N–H and O–H groups in total. The number of aromatic amines is 1. The standard InChI is InChI=1S/C25H26F2N6O5S/c1-25(2)13-33(39(36,37)17-8-15(26)7-16(27)9-17)11-19-21(25)31-32-22(19)30-24(35)18-3-5-28-10-20(18)29-23(34)14-4-6-38-12-14/h3,5,7-10,14H,4,6,11-13H2,1-2H3,(H,29,34)(H2,30,31,32,35). The highest BCUT2D eigenvalue weighted by molar-refractivity contribution is 7.89. The van der Waals surface area contributed by atoms with Crippen molar-refractivity contribution in [2.45, 2.75) is 37.1 Å². The Labute approximate surface area is 223 Å². The fourth-order valence-corrected chi connectivity index (χ4v) is 6.39. The maximum absolute atomic E-state index is 13.8. The number of nitrogens with zero attached hydrogens (tertiary/aromatic N) is 3. The van der Waals surface area contributed by atoms with Gasteiger partial charge in [0.1, 0.15) is 11.6 Å². The molecule has 2 aliphatic rings. The summed E-state index contributed by atoms with van der Waals surface area (Å²) in [6.07, 6.45) is 3.33. The van der Waals surface area contributed by atoms with Gasteiger partial charge in [-0.2, -0.15) is 9.40 Å². The molecule has 1 saturated heterocycles. The number of ether oxygens (including phenoxy) is 1. The fourth-order valence-electron chi connectivity index (χ4n) is 4.77. The number of hydrogen-bond donors (Lipinski definition) is 3. The zero-order chi connectivity index (χ0) is 27.9. The number of H-pyrrole nitrogens is 1. The average molecular weight is 561 g/mol. The molecule has 0 spiro atoms. The van der Waals surface area contributed by atoms with Gasteiger partial charge in [0.15, 0.2) is 5.82 Å². The topological polar surface area (TPSA) is 146 Å². The van der Waals surface area contributed by atoms with Gasteiger partial charge in [-0.15, -0.1) is 0 Å². The van der Waals surface area contributed by atoms with Crippen molar-refractivity contribution in [2.24, 2.45) is 5.92 Å². The molecule has 0 radical (unpaired) electrons. The zero-order valence-electron chi connectivity index (χ0n) is 21.1. The lowest BCUT2D eigenvalue weighted by Gasteiger charge is -2.36. The molecule has 2 amide bonds. The highest BCUT2D eigenvalue weighted by Gasteiger charge is 2.41. The second-order valence-electron chi connectivity index (χ2n) is 10.1. The minimum atomic E-state index is -4.29. The zero-order valence-corrected chi connectivity index (χ0v) is 21.9. The van der Waals surface area contributed by atoms with Crippen molar-refractivity contribution >= 4 is 33.3 Å². The predicted molar refractivity (Wildman–Crippen MR) is 135 cm³/mol. The van der Waals surface area contributed by atoms with Gasteiger partial charge in [0.25, 0.3) is 5.91 Å². The minimum absolute atomic E-state index is 0.00145. The van der Waals surface area contributed by atoms with Crippen LogP contribution in [-0.2, 0) is 31.5 Å². The molecular formula is C25H26F2N6O5S. The van der Waals surface area contributed by atoms with Crippen molar-refractivity contribution in [3.05, 3.63) is 65.1 Å². The number of carbonyl (C=O) groups excluding carboxylic acids is 2. The van der Waals surface area contributed by atoms with Crippen LogP contribution in [0.3, 0.4) is 0 Å². The Morgan fingerprint density at radius 3 is 2.62 bits per heavy atom. The Hall–Kier alpha value is -3.75. The van der Waals surface area contributed by atoms with E-state index in [2.05, 4.69) is 25.8 Å². The number of fused-ring (bicyclic) bond motifs is 1. The van der Waals surface area contributed by atoms with Gasteiger partial charge >= 0.3 is 0 Å². The second kappa shape index (κ2) is 10.1. The lowest BCUT2D eigenvalue weighted by Crippen LogP contribution is -2.45. The third-order valence-electron chi connectivity index (χ3n) is 6.78. The van der Waals surface area contributed by atoms with E-state index in [0.717, 1.165) is 16.4 Å². The van der Waals surface area contributed by atoms with Gasteiger partial charge in [0, 0.05) is 48.6 Å². The van der Waals surface area contributed by atoms with Crippen molar-refractivity contribution in [1.82, 2.24) is 19.5 Å². The molecule has 0 aliphatic carbocycles. The summed E-state index contributed by atoms with van der Waals surface area (Å²) in [5, 5.41) is 12.5. The molecule has 3 aromatic rings. The number of sulfonamides is 1. The number of anilines is 2. The normalized spacial score (nSPS) is 18.9. The third kappa shape index (κ3) is 5.27. The van der Waals surface area contributed by atoms with E-state index in [9.17, 15) is 26.8 Å². The average Bonchev–Trinajstić information content (AvgIpc) is 3.55. The van der Waals surface area contributed by atoms with Crippen LogP contribution in [0.4, 0.5) is 20.3 Å². The van der Waals surface area contributed by atoms with Crippen molar-refractivity contribution in [3.8, 4) is 0 Å². The van der Waals surface area contributed by atoms with Crippen molar-refractivity contribution in [2.75, 3.05) is 30.4 Å². The quantitative estimate of drug-likeness (QED) is 0.420. The van der Waals surface area contributed by atoms with Crippen LogP contribution < -0.4 is 10.6 Å². The van der Waals surface area contributed by atoms with Gasteiger partial charge in [0.05, 0.1) is 34.9 Å². The first-order chi connectivity index (χ1) is 18.5. The summed E-state index contributed by atoms with van der Waals surface area (Å²) in [5.74, 6) is -3.16. The summed E-state index contributed by atoms with van der Waals surface area (Å²) in [6, 6.07) is 3.55. The molecule has 14 heteroatoms. The number of nitrogens with one attached hydrogen (secondary N) is 3. The number of aromatic nitrogens is 3. The molecule has 1 fully saturated rings. The molecule has 2 aliphatic heterocycles. The van der Waals surface area contributed by atoms with Gasteiger partial charge in [-0.05, 0) is 24.6 Å². The Bertz CT molecular complexity index is 1530. The van der Waals surface area contributed by atoms with Crippen LogP contribution in [0.25, 0.3) is 0 Å². The second-order valence-corrected chi connectivity index (χ2v) is 12.1. The number of hydrogen-bond acceptors (Lipinski definition) is 7. The molecule has 39 heavy (non-hydrogen) atoms. The largest absolute Gasteiger partial charge is 0.381 e. The number of halogens is 2. The van der Waals surface area contributed by atoms with E-state index >= 15 is 0 Å². The molecule has 206 valence electrons. The maximum Gasteiger partial charge on any atom is 0.259 e. The number of rotatable bonds is 6. The van der Waals surface area contributed by atoms with E-state index in [1.165, 1.54) is 18.5 Å². The van der Waals surface area contributed by atoms with Gasteiger partial charge in [-0.25, -0.2) is 17.2 Å². The third-order valence-corrected chi connectivity index (χ3v) is 8.55. The van der Waals surface area contributed by atoms with Crippen LogP contribution in [0.5, 0.6) is 0 Å². The van der Waals surface area contributed by atoms with E-state index in [-0.39, 0.29) is 42.0 Å². The Morgan fingerprint density at radius 1 is 1.18 bits per heavy atom. The Balaban J connectivity index is 1.41. The first-order valence-corrected chi connectivity index (χ1v) is 13.6. The van der Waals surface area contributed by atoms with Crippen LogP contribution in [0, 0.1) is 17.6 Å². The van der Waals surface area contributed by atoms with E-state index < -0.39 is 37.9 Å². The minimum Gasteiger partial charge on any atom is -0.381 e. The molecule has 0 bridgehead atoms. The summed E-state index contributed by atoms with van der Waals surface area (Å²) < 4.78 is 60.7. The van der Waals surface area contributed by atoms with Crippen LogP contribution >= 0.6 is 0 Å². The number of pyridine rings is 1. The Kier molecular flexibility index (Phi) is 6.95. The number of benzene rings is 1. The van der Waals surface area contributed by atoms with E-state index in [4.69, 9.17) is 4.74 Å². The number of carbonyl (C=O) groups is 2. The van der Waals surface area contributed by atoms with Crippen LogP contribution in [0.1, 0.15) is 41.9 Å². The van der Waals surface area contributed by atoms with Crippen molar-refractivity contribution in [1.29, 1.82) is 0 Å². The molecular weight excluding hydrogens is 534 g/mol. The van der Waals surface area contributed by atoms with Crippen LogP contribution in [0.2, 0.25) is 0 Å². The molecule has 1 atom stereocenters. The van der Waals surface area contributed by atoms with Gasteiger partial charge in [-0.1, -0.05) is 13.8 Å². The summed E-state index contributed by atoms with van der Waals surface area (Å²) in [4.78, 5) is 29.3. The maximum atomic E-state index is 13.8. The van der Waals surface area contributed by atoms with Gasteiger partial charge in [-0.3, -0.25) is 19.7 Å². The fraction of sp³-hybridized carbons (Fsp3) is 0.360. The molecule has 0 saturated carbocycles. The van der Waals surface area contributed by atoms with E-state index in [1.807, 2.05) is 0 Å². The van der Waals surface area contributed by atoms with Crippen molar-refractivity contribution < 1.29 is 31.5 Å². The lowest BCUT2D eigenvalue weighted by molar-refractivity contribution is -0.119. The van der Waals surface area contributed by atoms with Crippen molar-refractivity contribution in [3.63, 3.8) is 0 Å². The summed E-state index contributed by atoms with van der Waals surface area (Å²) >= 11 is 0. The lowest BCUT2D eigenvalue weighted by atomic mass is 9.84. The smallest absolute Gasteiger partial charge is 0.259 e. The van der Waals surface area contributed by atoms with Gasteiger partial charge < -0.3 is 15.4 Å². The summed E-state index contributed by atoms with van der Waals surface area (Å²) in [7, 11) is -4.29. The highest BCUT2D eigenvalue weighted by atomic mass is 32.2. The summed E-state index contributed by atoms with van der Waals surface area (Å²) in [5.41, 5.74) is 0.571. The number of amides is 2. The monoisotopic (exact) mass is 560 g/mol. The molecule has 1 unspecified atom stereocenters. The molecule has 11 nitrogen and oxygen atoms in total. The molecule has 5 rings (SSSR count). The van der Waals surface area contributed by atoms with Gasteiger partial charge in [0.2, 0.25) is 15.9 Å². The van der Waals surface area contributed by atoms with E-state index in [0.29, 0.717) is 37.0 Å². The first kappa shape index (κ1) is 26.8. The van der Waals surface area contributed by atoms with Crippen LogP contribution in [-0.4, -0.2) is 59.5 Å². The molecule has 4 heterocycles. The SMILES string of the molecule is CC1(C)CN(S(=O)(=O)c2cc(F)cc(F)c2)Cc2c(NC(=O)c3ccncc3NC(=O)C3CCOC3)n[nH]c21. The first-order valence-electron chi connectivity index (χ1n) is 12.1. The predicted octanol–water partition coefficient (Wildman–Crippen LogP) is 2.79. The molecule has 2 aromatic heterocycles. The van der Waals surface area contributed by atoms with E-state index in [1.54, 1.807) is 13.8 Å². The Morgan fingerprint density at radius 2 is 1.92 bits per heavy atom. The highest BCUT2D eigenvalue weighted by Crippen LogP contribution is 2.38.